The zero-order valence-electron chi connectivity index (χ0n) is 11.1. The van der Waals surface area contributed by atoms with Gasteiger partial charge in [0.2, 0.25) is 0 Å². The molecule has 0 aliphatic rings. The highest BCUT2D eigenvalue weighted by Gasteiger charge is 2.02. The van der Waals surface area contributed by atoms with Crippen LogP contribution < -0.4 is 15.8 Å². The largest absolute Gasteiger partial charge is 0.496 e. The molecule has 106 valence electrons. The van der Waals surface area contributed by atoms with Crippen LogP contribution in [-0.4, -0.2) is 13.7 Å². The van der Waals surface area contributed by atoms with Crippen LogP contribution in [0.1, 0.15) is 5.56 Å². The van der Waals surface area contributed by atoms with Crippen molar-refractivity contribution in [1.82, 2.24) is 0 Å². The minimum atomic E-state index is -0.401. The Labute approximate surface area is 126 Å². The number of nitrogen functional groups attached to an aromatic ring is 1. The molecule has 20 heavy (non-hydrogen) atoms. The predicted octanol–water partition coefficient (Wildman–Crippen LogP) is 3.83. The second-order valence-corrected chi connectivity index (χ2v) is 5.24. The standard InChI is InChI=1S/C15H16BrFN2O/c1-20-15-5-2-10(8-12(15)16)6-7-19-11-3-4-14(18)13(17)9-11/h2-5,8-9,19H,6-7,18H2,1H3. The molecule has 0 spiro atoms. The number of benzene rings is 2. The van der Waals surface area contributed by atoms with Gasteiger partial charge in [0.25, 0.3) is 0 Å². The molecule has 5 heteroatoms. The van der Waals surface area contributed by atoms with Crippen LogP contribution in [0.4, 0.5) is 15.8 Å². The summed E-state index contributed by atoms with van der Waals surface area (Å²) in [5.41, 5.74) is 7.49. The van der Waals surface area contributed by atoms with Gasteiger partial charge in [-0.1, -0.05) is 6.07 Å². The molecular weight excluding hydrogens is 323 g/mol. The molecule has 3 nitrogen and oxygen atoms in total. The van der Waals surface area contributed by atoms with E-state index in [1.54, 1.807) is 19.2 Å². The number of methoxy groups -OCH3 is 1. The SMILES string of the molecule is COc1ccc(CCNc2ccc(N)c(F)c2)cc1Br. The van der Waals surface area contributed by atoms with Gasteiger partial charge >= 0.3 is 0 Å². The fourth-order valence-electron chi connectivity index (χ4n) is 1.85. The van der Waals surface area contributed by atoms with Gasteiger partial charge in [-0.05, 0) is 58.2 Å². The van der Waals surface area contributed by atoms with Crippen molar-refractivity contribution in [2.45, 2.75) is 6.42 Å². The summed E-state index contributed by atoms with van der Waals surface area (Å²) in [6.07, 6.45) is 0.828. The molecule has 2 aromatic carbocycles. The fourth-order valence-corrected chi connectivity index (χ4v) is 2.44. The maximum absolute atomic E-state index is 13.3. The van der Waals surface area contributed by atoms with Crippen LogP contribution in [0.5, 0.6) is 5.75 Å². The number of nitrogens with one attached hydrogen (secondary N) is 1. The first-order valence-corrected chi connectivity index (χ1v) is 7.01. The molecule has 0 fully saturated rings. The molecule has 0 saturated heterocycles. The topological polar surface area (TPSA) is 47.3 Å². The average Bonchev–Trinajstić information content (AvgIpc) is 2.43. The van der Waals surface area contributed by atoms with E-state index in [1.807, 2.05) is 18.2 Å². The van der Waals surface area contributed by atoms with Crippen molar-refractivity contribution in [2.24, 2.45) is 0 Å². The second kappa shape index (κ2) is 6.61. The van der Waals surface area contributed by atoms with Crippen LogP contribution in [0.15, 0.2) is 40.9 Å². The maximum atomic E-state index is 13.3. The van der Waals surface area contributed by atoms with Crippen LogP contribution in [0, 0.1) is 5.82 Å². The molecule has 3 N–H and O–H groups in total. The molecule has 0 heterocycles. The zero-order valence-corrected chi connectivity index (χ0v) is 12.7. The first-order chi connectivity index (χ1) is 9.60. The van der Waals surface area contributed by atoms with E-state index in [1.165, 1.54) is 11.6 Å². The van der Waals surface area contributed by atoms with Crippen LogP contribution in [0.25, 0.3) is 0 Å². The van der Waals surface area contributed by atoms with Crippen LogP contribution >= 0.6 is 15.9 Å². The van der Waals surface area contributed by atoms with E-state index in [-0.39, 0.29) is 5.69 Å². The molecule has 0 bridgehead atoms. The van der Waals surface area contributed by atoms with Crippen molar-refractivity contribution in [3.63, 3.8) is 0 Å². The maximum Gasteiger partial charge on any atom is 0.148 e. The molecule has 0 atom stereocenters. The highest BCUT2D eigenvalue weighted by molar-refractivity contribution is 9.10. The Balaban J connectivity index is 1.92. The summed E-state index contributed by atoms with van der Waals surface area (Å²) < 4.78 is 19.4. The van der Waals surface area contributed by atoms with Gasteiger partial charge in [0.1, 0.15) is 11.6 Å². The molecule has 0 amide bonds. The summed E-state index contributed by atoms with van der Waals surface area (Å²) in [6.45, 7) is 0.710. The second-order valence-electron chi connectivity index (χ2n) is 4.38. The van der Waals surface area contributed by atoms with E-state index in [2.05, 4.69) is 21.2 Å². The van der Waals surface area contributed by atoms with Crippen molar-refractivity contribution in [3.8, 4) is 5.75 Å². The van der Waals surface area contributed by atoms with E-state index in [9.17, 15) is 4.39 Å². The summed E-state index contributed by atoms with van der Waals surface area (Å²) in [7, 11) is 1.64. The van der Waals surface area contributed by atoms with Crippen molar-refractivity contribution in [1.29, 1.82) is 0 Å². The normalized spacial score (nSPS) is 10.3. The van der Waals surface area contributed by atoms with Gasteiger partial charge in [0, 0.05) is 12.2 Å². The van der Waals surface area contributed by atoms with Crippen molar-refractivity contribution < 1.29 is 9.13 Å². The lowest BCUT2D eigenvalue weighted by Gasteiger charge is -2.09. The molecule has 0 aliphatic heterocycles. The molecule has 0 aromatic heterocycles. The molecule has 2 aromatic rings. The van der Waals surface area contributed by atoms with E-state index >= 15 is 0 Å². The smallest absolute Gasteiger partial charge is 0.148 e. The lowest BCUT2D eigenvalue weighted by Crippen LogP contribution is -2.05. The average molecular weight is 339 g/mol. The molecule has 2 rings (SSSR count). The van der Waals surface area contributed by atoms with E-state index < -0.39 is 5.82 Å². The van der Waals surface area contributed by atoms with Gasteiger partial charge in [-0.3, -0.25) is 0 Å². The number of rotatable bonds is 5. The number of nitrogens with two attached hydrogens (primary N) is 1. The number of hydrogen-bond acceptors (Lipinski definition) is 3. The van der Waals surface area contributed by atoms with Gasteiger partial charge in [0.15, 0.2) is 0 Å². The van der Waals surface area contributed by atoms with Crippen LogP contribution in [0.2, 0.25) is 0 Å². The minimum absolute atomic E-state index is 0.162. The third kappa shape index (κ3) is 3.63. The Morgan fingerprint density at radius 1 is 1.25 bits per heavy atom. The number of hydrogen-bond donors (Lipinski definition) is 2. The van der Waals surface area contributed by atoms with Crippen LogP contribution in [0.3, 0.4) is 0 Å². The number of ether oxygens (including phenoxy) is 1. The Morgan fingerprint density at radius 2 is 2.05 bits per heavy atom. The summed E-state index contributed by atoms with van der Waals surface area (Å²) in [5.74, 6) is 0.407. The quantitative estimate of drug-likeness (QED) is 0.814. The Kier molecular flexibility index (Phi) is 4.84. The zero-order chi connectivity index (χ0) is 14.5. The summed E-state index contributed by atoms with van der Waals surface area (Å²) in [6, 6.07) is 10.7. The summed E-state index contributed by atoms with van der Waals surface area (Å²) in [5, 5.41) is 3.17. The molecular formula is C15H16BrFN2O. The van der Waals surface area contributed by atoms with E-state index in [4.69, 9.17) is 10.5 Å². The van der Waals surface area contributed by atoms with Gasteiger partial charge < -0.3 is 15.8 Å². The lowest BCUT2D eigenvalue weighted by atomic mass is 10.1. The Hall–Kier alpha value is -1.75. The molecule has 0 unspecified atom stereocenters. The highest BCUT2D eigenvalue weighted by atomic mass is 79.9. The minimum Gasteiger partial charge on any atom is -0.496 e. The third-order valence-electron chi connectivity index (χ3n) is 2.96. The van der Waals surface area contributed by atoms with Crippen molar-refractivity contribution in [2.75, 3.05) is 24.7 Å². The number of anilines is 2. The first-order valence-electron chi connectivity index (χ1n) is 6.21. The van der Waals surface area contributed by atoms with Gasteiger partial charge in [-0.15, -0.1) is 0 Å². The van der Waals surface area contributed by atoms with Gasteiger partial charge in [-0.2, -0.15) is 0 Å². The van der Waals surface area contributed by atoms with Crippen molar-refractivity contribution in [3.05, 3.63) is 52.3 Å². The van der Waals surface area contributed by atoms with Gasteiger partial charge in [0.05, 0.1) is 17.3 Å². The van der Waals surface area contributed by atoms with E-state index in [0.717, 1.165) is 22.3 Å². The highest BCUT2D eigenvalue weighted by Crippen LogP contribution is 2.25. The number of halogens is 2. The third-order valence-corrected chi connectivity index (χ3v) is 3.58. The first kappa shape index (κ1) is 14.7. The predicted molar refractivity (Wildman–Crippen MR) is 83.7 cm³/mol. The monoisotopic (exact) mass is 338 g/mol. The van der Waals surface area contributed by atoms with E-state index in [0.29, 0.717) is 6.54 Å². The summed E-state index contributed by atoms with van der Waals surface area (Å²) >= 11 is 3.45. The van der Waals surface area contributed by atoms with Crippen molar-refractivity contribution >= 4 is 27.3 Å². The fraction of sp³-hybridized carbons (Fsp3) is 0.200. The summed E-state index contributed by atoms with van der Waals surface area (Å²) in [4.78, 5) is 0. The molecule has 0 saturated carbocycles. The Morgan fingerprint density at radius 3 is 2.70 bits per heavy atom. The molecule has 0 radical (unpaired) electrons. The lowest BCUT2D eigenvalue weighted by molar-refractivity contribution is 0.412. The molecule has 0 aliphatic carbocycles. The van der Waals surface area contributed by atoms with Gasteiger partial charge in [-0.25, -0.2) is 4.39 Å². The van der Waals surface area contributed by atoms with Crippen LogP contribution in [-0.2, 0) is 6.42 Å². The Bertz CT molecular complexity index is 604.